The fourth-order valence-electron chi connectivity index (χ4n) is 2.52. The molecular weight excluding hydrogens is 382 g/mol. The van der Waals surface area contributed by atoms with Gasteiger partial charge in [0.25, 0.3) is 5.91 Å². The summed E-state index contributed by atoms with van der Waals surface area (Å²) in [5, 5.41) is 0. The number of hydrogen-bond donors (Lipinski definition) is 0. The minimum Gasteiger partial charge on any atom is -0.452 e. The van der Waals surface area contributed by atoms with Crippen molar-refractivity contribution < 1.29 is 31.5 Å². The molecule has 2 rings (SSSR count). The molecule has 1 fully saturated rings. The average Bonchev–Trinajstić information content (AvgIpc) is 2.64. The van der Waals surface area contributed by atoms with Crippen LogP contribution in [0.15, 0.2) is 35.2 Å². The smallest absolute Gasteiger partial charge is 0.330 e. The van der Waals surface area contributed by atoms with Crippen molar-refractivity contribution in [2.75, 3.05) is 32.8 Å². The van der Waals surface area contributed by atoms with Gasteiger partial charge in [-0.1, -0.05) is 19.1 Å². The second kappa shape index (κ2) is 9.05. The monoisotopic (exact) mass is 402 g/mol. The fourth-order valence-corrected chi connectivity index (χ4v) is 4.05. The fraction of sp³-hybridized carbons (Fsp3) is 0.412. The van der Waals surface area contributed by atoms with Gasteiger partial charge in [0.05, 0.1) is 0 Å². The van der Waals surface area contributed by atoms with Crippen molar-refractivity contribution in [3.63, 3.8) is 0 Å². The van der Waals surface area contributed by atoms with E-state index < -0.39 is 45.0 Å². The van der Waals surface area contributed by atoms with Crippen LogP contribution in [0.5, 0.6) is 0 Å². The summed E-state index contributed by atoms with van der Waals surface area (Å²) < 4.78 is 58.3. The standard InChI is InChI=1S/C17H20F2N2O5S/c1-2-3-7-16(23)26-12-15(22)20-8-10-21(11-9-20)27(24,25)17-13(18)5-4-6-14(17)19/h3-7H,2,8-12H2,1H3/b7-3+. The van der Waals surface area contributed by atoms with Crippen LogP contribution in [0.3, 0.4) is 0 Å². The van der Waals surface area contributed by atoms with E-state index in [1.54, 1.807) is 6.08 Å². The Morgan fingerprint density at radius 1 is 1.15 bits per heavy atom. The van der Waals surface area contributed by atoms with Gasteiger partial charge < -0.3 is 9.64 Å². The first-order valence-electron chi connectivity index (χ1n) is 8.32. The first kappa shape index (κ1) is 21.0. The molecule has 0 bridgehead atoms. The van der Waals surface area contributed by atoms with Gasteiger partial charge in [-0.15, -0.1) is 0 Å². The van der Waals surface area contributed by atoms with E-state index in [4.69, 9.17) is 4.74 Å². The Hall–Kier alpha value is -2.33. The minimum atomic E-state index is -4.36. The SMILES string of the molecule is CC/C=C/C(=O)OCC(=O)N1CCN(S(=O)(=O)c2c(F)cccc2F)CC1. The average molecular weight is 402 g/mol. The summed E-state index contributed by atoms with van der Waals surface area (Å²) in [6, 6.07) is 2.82. The van der Waals surface area contributed by atoms with E-state index in [0.29, 0.717) is 6.42 Å². The Morgan fingerprint density at radius 3 is 2.30 bits per heavy atom. The third kappa shape index (κ3) is 5.10. The van der Waals surface area contributed by atoms with Crippen molar-refractivity contribution in [1.82, 2.24) is 9.21 Å². The van der Waals surface area contributed by atoms with E-state index in [0.717, 1.165) is 22.5 Å². The highest BCUT2D eigenvalue weighted by Gasteiger charge is 2.34. The van der Waals surface area contributed by atoms with E-state index >= 15 is 0 Å². The van der Waals surface area contributed by atoms with Crippen LogP contribution in [-0.4, -0.2) is 62.3 Å². The second-order valence-electron chi connectivity index (χ2n) is 5.75. The van der Waals surface area contributed by atoms with Gasteiger partial charge in [-0.2, -0.15) is 4.31 Å². The number of halogens is 2. The Labute approximate surface area is 156 Å². The number of allylic oxidation sites excluding steroid dienone is 1. The molecule has 148 valence electrons. The number of piperazine rings is 1. The maximum absolute atomic E-state index is 13.8. The lowest BCUT2D eigenvalue weighted by Gasteiger charge is -2.33. The molecule has 0 aliphatic carbocycles. The van der Waals surface area contributed by atoms with E-state index in [9.17, 15) is 26.8 Å². The van der Waals surface area contributed by atoms with Gasteiger partial charge in [-0.05, 0) is 18.6 Å². The molecule has 1 heterocycles. The number of nitrogens with zero attached hydrogens (tertiary/aromatic N) is 2. The van der Waals surface area contributed by atoms with E-state index in [-0.39, 0.29) is 26.2 Å². The number of carbonyl (C=O) groups excluding carboxylic acids is 2. The molecule has 1 saturated heterocycles. The second-order valence-corrected chi connectivity index (χ2v) is 7.63. The maximum Gasteiger partial charge on any atom is 0.330 e. The highest BCUT2D eigenvalue weighted by Crippen LogP contribution is 2.23. The molecule has 1 aromatic carbocycles. The Morgan fingerprint density at radius 2 is 1.74 bits per heavy atom. The molecule has 7 nitrogen and oxygen atoms in total. The van der Waals surface area contributed by atoms with Crippen LogP contribution in [0.2, 0.25) is 0 Å². The zero-order valence-corrected chi connectivity index (χ0v) is 15.5. The van der Waals surface area contributed by atoms with Gasteiger partial charge in [-0.3, -0.25) is 4.79 Å². The number of amides is 1. The molecule has 1 aliphatic heterocycles. The molecule has 0 atom stereocenters. The highest BCUT2D eigenvalue weighted by atomic mass is 32.2. The lowest BCUT2D eigenvalue weighted by atomic mass is 10.3. The van der Waals surface area contributed by atoms with Crippen molar-refractivity contribution >= 4 is 21.9 Å². The molecule has 1 amide bonds. The number of hydrogen-bond acceptors (Lipinski definition) is 5. The summed E-state index contributed by atoms with van der Waals surface area (Å²) in [6.07, 6.45) is 3.47. The summed E-state index contributed by atoms with van der Waals surface area (Å²) in [7, 11) is -4.36. The number of rotatable bonds is 6. The van der Waals surface area contributed by atoms with Gasteiger partial charge in [-0.25, -0.2) is 22.0 Å². The lowest BCUT2D eigenvalue weighted by molar-refractivity contribution is -0.148. The highest BCUT2D eigenvalue weighted by molar-refractivity contribution is 7.89. The third-order valence-corrected chi connectivity index (χ3v) is 5.89. The van der Waals surface area contributed by atoms with E-state index in [1.807, 2.05) is 6.92 Å². The van der Waals surface area contributed by atoms with Crippen molar-refractivity contribution in [3.8, 4) is 0 Å². The van der Waals surface area contributed by atoms with Crippen molar-refractivity contribution in [1.29, 1.82) is 0 Å². The van der Waals surface area contributed by atoms with Crippen LogP contribution in [0, 0.1) is 11.6 Å². The zero-order chi connectivity index (χ0) is 20.0. The maximum atomic E-state index is 13.8. The molecule has 0 N–H and O–H groups in total. The predicted octanol–water partition coefficient (Wildman–Crippen LogP) is 1.31. The van der Waals surface area contributed by atoms with Crippen LogP contribution < -0.4 is 0 Å². The van der Waals surface area contributed by atoms with Crippen LogP contribution in [0.25, 0.3) is 0 Å². The predicted molar refractivity (Wildman–Crippen MR) is 92.1 cm³/mol. The summed E-state index contributed by atoms with van der Waals surface area (Å²) >= 11 is 0. The molecule has 27 heavy (non-hydrogen) atoms. The van der Waals surface area contributed by atoms with Gasteiger partial charge >= 0.3 is 5.97 Å². The van der Waals surface area contributed by atoms with Crippen molar-refractivity contribution in [2.45, 2.75) is 18.2 Å². The molecule has 10 heteroatoms. The minimum absolute atomic E-state index is 0.0243. The van der Waals surface area contributed by atoms with Gasteiger partial charge in [0.2, 0.25) is 10.0 Å². The molecule has 0 spiro atoms. The van der Waals surface area contributed by atoms with Crippen LogP contribution in [0.1, 0.15) is 13.3 Å². The summed E-state index contributed by atoms with van der Waals surface area (Å²) in [4.78, 5) is 23.7. The number of sulfonamides is 1. The topological polar surface area (TPSA) is 84.0 Å². The third-order valence-electron chi connectivity index (χ3n) is 3.94. The molecule has 0 unspecified atom stereocenters. The summed E-state index contributed by atoms with van der Waals surface area (Å²) in [6.45, 7) is 1.20. The van der Waals surface area contributed by atoms with Crippen molar-refractivity contribution in [3.05, 3.63) is 42.0 Å². The number of benzene rings is 1. The number of esters is 1. The molecule has 0 aromatic heterocycles. The summed E-state index contributed by atoms with van der Waals surface area (Å²) in [5.41, 5.74) is 0. The van der Waals surface area contributed by atoms with Gasteiger partial charge in [0.15, 0.2) is 11.5 Å². The number of ether oxygens (including phenoxy) is 1. The number of carbonyl (C=O) groups is 2. The first-order chi connectivity index (χ1) is 12.8. The molecule has 0 saturated carbocycles. The molecular formula is C17H20F2N2O5S. The van der Waals surface area contributed by atoms with E-state index in [1.165, 1.54) is 11.0 Å². The van der Waals surface area contributed by atoms with Gasteiger partial charge in [0.1, 0.15) is 11.6 Å². The van der Waals surface area contributed by atoms with Gasteiger partial charge in [0, 0.05) is 32.3 Å². The normalized spacial score (nSPS) is 15.9. The summed E-state index contributed by atoms with van der Waals surface area (Å²) in [5.74, 6) is -3.44. The lowest BCUT2D eigenvalue weighted by Crippen LogP contribution is -2.51. The zero-order valence-electron chi connectivity index (χ0n) is 14.7. The molecule has 0 radical (unpaired) electrons. The van der Waals surface area contributed by atoms with Crippen molar-refractivity contribution in [2.24, 2.45) is 0 Å². The largest absolute Gasteiger partial charge is 0.452 e. The quantitative estimate of drug-likeness (QED) is 0.529. The Balaban J connectivity index is 1.95. The molecule has 1 aromatic rings. The van der Waals surface area contributed by atoms with Crippen LogP contribution in [0.4, 0.5) is 8.78 Å². The Bertz CT molecular complexity index is 813. The molecule has 1 aliphatic rings. The first-order valence-corrected chi connectivity index (χ1v) is 9.76. The van der Waals surface area contributed by atoms with Crippen LogP contribution in [-0.2, 0) is 24.3 Å². The van der Waals surface area contributed by atoms with E-state index in [2.05, 4.69) is 0 Å². The Kier molecular flexibility index (Phi) is 7.03. The van der Waals surface area contributed by atoms with Crippen LogP contribution >= 0.6 is 0 Å².